The molecule has 1 unspecified atom stereocenters. The maximum atomic E-state index is 10.5. The summed E-state index contributed by atoms with van der Waals surface area (Å²) in [6, 6.07) is 43.8. The molecule has 0 radical (unpaired) electrons. The van der Waals surface area contributed by atoms with Crippen molar-refractivity contribution in [2.24, 2.45) is 0 Å². The molecule has 3 nitrogen and oxygen atoms in total. The quantitative estimate of drug-likeness (QED) is 0.129. The van der Waals surface area contributed by atoms with Crippen LogP contribution in [0.15, 0.2) is 127 Å². The second-order valence-corrected chi connectivity index (χ2v) is 12.8. The highest BCUT2D eigenvalue weighted by Gasteiger charge is 2.28. The van der Waals surface area contributed by atoms with Crippen molar-refractivity contribution < 1.29 is 15.3 Å². The molecule has 0 aliphatic carbocycles. The Hall–Kier alpha value is -5.54. The van der Waals surface area contributed by atoms with Crippen molar-refractivity contribution in [3.63, 3.8) is 0 Å². The van der Waals surface area contributed by atoms with Crippen LogP contribution in [0.3, 0.4) is 0 Å². The highest BCUT2D eigenvalue weighted by Crippen LogP contribution is 2.48. The highest BCUT2D eigenvalue weighted by atomic mass is 16.3. The molecule has 0 fully saturated rings. The third kappa shape index (κ3) is 5.38. The molecule has 7 rings (SSSR count). The number of aryl methyl sites for hydroxylation is 4. The van der Waals surface area contributed by atoms with Crippen molar-refractivity contribution in [3.8, 4) is 17.2 Å². The lowest BCUT2D eigenvalue weighted by atomic mass is 9.74. The van der Waals surface area contributed by atoms with Gasteiger partial charge in [-0.3, -0.25) is 0 Å². The van der Waals surface area contributed by atoms with E-state index in [4.69, 9.17) is 0 Å². The van der Waals surface area contributed by atoms with Gasteiger partial charge in [0, 0.05) is 11.8 Å². The van der Waals surface area contributed by atoms with E-state index in [1.807, 2.05) is 45.0 Å². The van der Waals surface area contributed by atoms with Gasteiger partial charge >= 0.3 is 0 Å². The van der Waals surface area contributed by atoms with Gasteiger partial charge in [0.2, 0.25) is 0 Å². The zero-order valence-corrected chi connectivity index (χ0v) is 27.1. The van der Waals surface area contributed by atoms with E-state index in [2.05, 4.69) is 97.9 Å². The number of aromatic hydroxyl groups is 3. The first-order valence-electron chi connectivity index (χ1n) is 16.1. The zero-order chi connectivity index (χ0) is 32.8. The molecule has 0 saturated heterocycles. The topological polar surface area (TPSA) is 60.7 Å². The van der Waals surface area contributed by atoms with Gasteiger partial charge < -0.3 is 15.3 Å². The predicted molar refractivity (Wildman–Crippen MR) is 193 cm³/mol. The lowest BCUT2D eigenvalue weighted by molar-refractivity contribution is 0.470. The molecular formula is C44H38O3. The molecular weight excluding hydrogens is 576 g/mol. The zero-order valence-electron chi connectivity index (χ0n) is 27.1. The molecule has 0 heterocycles. The maximum absolute atomic E-state index is 10.5. The summed E-state index contributed by atoms with van der Waals surface area (Å²) in [5.41, 5.74) is 10.5. The van der Waals surface area contributed by atoms with Crippen LogP contribution in [0.25, 0.3) is 21.5 Å². The molecule has 0 saturated carbocycles. The van der Waals surface area contributed by atoms with E-state index in [1.54, 1.807) is 12.1 Å². The minimum Gasteiger partial charge on any atom is -0.508 e. The van der Waals surface area contributed by atoms with Crippen LogP contribution in [0.5, 0.6) is 17.2 Å². The maximum Gasteiger partial charge on any atom is 0.118 e. The molecule has 0 spiro atoms. The summed E-state index contributed by atoms with van der Waals surface area (Å²) in [5, 5.41) is 36.2. The third-order valence-corrected chi connectivity index (χ3v) is 9.63. The Bertz CT molecular complexity index is 2190. The average molecular weight is 615 g/mol. The van der Waals surface area contributed by atoms with Gasteiger partial charge in [-0.15, -0.1) is 0 Å². The monoisotopic (exact) mass is 614 g/mol. The number of benzene rings is 7. The number of fused-ring (bicyclic) bond motifs is 2. The van der Waals surface area contributed by atoms with Gasteiger partial charge in [0.15, 0.2) is 0 Å². The Balaban J connectivity index is 1.62. The first kappa shape index (κ1) is 30.1. The van der Waals surface area contributed by atoms with Gasteiger partial charge in [0.25, 0.3) is 0 Å². The van der Waals surface area contributed by atoms with E-state index in [0.29, 0.717) is 0 Å². The van der Waals surface area contributed by atoms with Gasteiger partial charge in [0.05, 0.1) is 0 Å². The molecule has 0 aromatic heterocycles. The highest BCUT2D eigenvalue weighted by molar-refractivity contribution is 6.08. The molecule has 47 heavy (non-hydrogen) atoms. The van der Waals surface area contributed by atoms with Crippen LogP contribution in [-0.2, 0) is 0 Å². The van der Waals surface area contributed by atoms with Gasteiger partial charge in [-0.25, -0.2) is 0 Å². The van der Waals surface area contributed by atoms with Crippen LogP contribution in [0.4, 0.5) is 0 Å². The predicted octanol–water partition coefficient (Wildman–Crippen LogP) is 10.7. The molecule has 232 valence electrons. The van der Waals surface area contributed by atoms with Crippen molar-refractivity contribution in [3.05, 3.63) is 183 Å². The van der Waals surface area contributed by atoms with E-state index in [1.165, 1.54) is 22.3 Å². The van der Waals surface area contributed by atoms with Gasteiger partial charge in [0.1, 0.15) is 17.2 Å². The number of hydrogen-bond acceptors (Lipinski definition) is 3. The summed E-state index contributed by atoms with van der Waals surface area (Å²) in [6.07, 6.45) is 0. The Morgan fingerprint density at radius 1 is 0.362 bits per heavy atom. The van der Waals surface area contributed by atoms with E-state index in [9.17, 15) is 15.3 Å². The standard InChI is InChI=1S/C44H38O3/c1-26-10-9-11-30(22-26)41(31-16-19-38(45)27(2)23-31)43-34-12-5-7-14-36(34)44(37-15-8-6-13-35(37)43)42(32-17-20-39(46)28(3)24-32)33-18-21-40(47)29(4)25-33/h5-25,41-42,45-47H,1-4H3. The Kier molecular flexibility index (Phi) is 7.69. The summed E-state index contributed by atoms with van der Waals surface area (Å²) < 4.78 is 0. The number of hydrogen-bond donors (Lipinski definition) is 3. The van der Waals surface area contributed by atoms with Crippen molar-refractivity contribution in [2.45, 2.75) is 39.5 Å². The van der Waals surface area contributed by atoms with Crippen LogP contribution in [0.2, 0.25) is 0 Å². The van der Waals surface area contributed by atoms with Crippen molar-refractivity contribution in [2.75, 3.05) is 0 Å². The number of rotatable bonds is 6. The molecule has 0 aliphatic heterocycles. The minimum atomic E-state index is -0.175. The fourth-order valence-electron chi connectivity index (χ4n) is 7.29. The Morgan fingerprint density at radius 3 is 1.02 bits per heavy atom. The molecule has 7 aromatic carbocycles. The average Bonchev–Trinajstić information content (AvgIpc) is 3.07. The summed E-state index contributed by atoms with van der Waals surface area (Å²) in [5.74, 6) is 0.557. The van der Waals surface area contributed by atoms with E-state index >= 15 is 0 Å². The summed E-state index contributed by atoms with van der Waals surface area (Å²) >= 11 is 0. The van der Waals surface area contributed by atoms with Gasteiger partial charge in [-0.1, -0.05) is 115 Å². The third-order valence-electron chi connectivity index (χ3n) is 9.63. The largest absolute Gasteiger partial charge is 0.508 e. The first-order valence-corrected chi connectivity index (χ1v) is 16.1. The fraction of sp³-hybridized carbons (Fsp3) is 0.136. The summed E-state index contributed by atoms with van der Waals surface area (Å²) in [6.45, 7) is 7.95. The molecule has 7 aromatic rings. The van der Waals surface area contributed by atoms with Crippen molar-refractivity contribution in [1.82, 2.24) is 0 Å². The molecule has 3 heteroatoms. The lowest BCUT2D eigenvalue weighted by Crippen LogP contribution is -2.10. The van der Waals surface area contributed by atoms with Crippen LogP contribution in [0, 0.1) is 27.7 Å². The molecule has 0 aliphatic rings. The van der Waals surface area contributed by atoms with E-state index in [-0.39, 0.29) is 29.1 Å². The van der Waals surface area contributed by atoms with Gasteiger partial charge in [-0.05, 0) is 118 Å². The second kappa shape index (κ2) is 12.0. The lowest BCUT2D eigenvalue weighted by Gasteiger charge is -2.29. The number of phenolic OH excluding ortho intramolecular Hbond substituents is 3. The van der Waals surface area contributed by atoms with Crippen LogP contribution >= 0.6 is 0 Å². The smallest absolute Gasteiger partial charge is 0.118 e. The minimum absolute atomic E-state index is 0.0941. The summed E-state index contributed by atoms with van der Waals surface area (Å²) in [7, 11) is 0. The van der Waals surface area contributed by atoms with Crippen LogP contribution in [-0.4, -0.2) is 15.3 Å². The SMILES string of the molecule is Cc1cccc(C(c2ccc(O)c(C)c2)c2c3ccccc3c(C(c3ccc(O)c(C)c3)c3ccc(O)c(C)c3)c3ccccc23)c1. The van der Waals surface area contributed by atoms with E-state index < -0.39 is 0 Å². The Morgan fingerprint density at radius 2 is 0.702 bits per heavy atom. The fourth-order valence-corrected chi connectivity index (χ4v) is 7.29. The molecule has 0 amide bonds. The Labute approximate surface area is 276 Å². The molecule has 0 bridgehead atoms. The van der Waals surface area contributed by atoms with Crippen molar-refractivity contribution in [1.29, 1.82) is 0 Å². The molecule has 1 atom stereocenters. The second-order valence-electron chi connectivity index (χ2n) is 12.8. The summed E-state index contributed by atoms with van der Waals surface area (Å²) in [4.78, 5) is 0. The van der Waals surface area contributed by atoms with Crippen LogP contribution < -0.4 is 0 Å². The van der Waals surface area contributed by atoms with Crippen molar-refractivity contribution >= 4 is 21.5 Å². The van der Waals surface area contributed by atoms with Crippen LogP contribution in [0.1, 0.15) is 67.5 Å². The first-order chi connectivity index (χ1) is 22.7. The van der Waals surface area contributed by atoms with Gasteiger partial charge in [-0.2, -0.15) is 0 Å². The molecule has 3 N–H and O–H groups in total. The van der Waals surface area contributed by atoms with E-state index in [0.717, 1.165) is 54.9 Å². The normalized spacial score (nSPS) is 12.2. The number of phenols is 3.